The molecule has 0 radical (unpaired) electrons. The molecule has 1 fully saturated rings. The number of pyridine rings is 1. The van der Waals surface area contributed by atoms with Gasteiger partial charge in [-0.2, -0.15) is 5.10 Å². The van der Waals surface area contributed by atoms with E-state index in [0.29, 0.717) is 16.6 Å². The number of fused-ring (bicyclic) bond motifs is 2. The van der Waals surface area contributed by atoms with Crippen LogP contribution >= 0.6 is 11.6 Å². The van der Waals surface area contributed by atoms with E-state index in [4.69, 9.17) is 16.3 Å². The van der Waals surface area contributed by atoms with Gasteiger partial charge in [-0.05, 0) is 19.1 Å². The van der Waals surface area contributed by atoms with Crippen molar-refractivity contribution in [3.63, 3.8) is 0 Å². The average molecular weight is 412 g/mol. The van der Waals surface area contributed by atoms with E-state index >= 15 is 0 Å². The van der Waals surface area contributed by atoms with Crippen LogP contribution in [0.3, 0.4) is 0 Å². The zero-order chi connectivity index (χ0) is 20.0. The van der Waals surface area contributed by atoms with E-state index in [0.717, 1.165) is 59.8 Å². The van der Waals surface area contributed by atoms with Gasteiger partial charge in [0.2, 0.25) is 0 Å². The Morgan fingerprint density at radius 2 is 2.00 bits per heavy atom. The van der Waals surface area contributed by atoms with Gasteiger partial charge in [-0.15, -0.1) is 0 Å². The van der Waals surface area contributed by atoms with Crippen molar-refractivity contribution in [1.29, 1.82) is 0 Å². The minimum Gasteiger partial charge on any atom is -0.494 e. The number of H-pyrrole nitrogens is 1. The fourth-order valence-electron chi connectivity index (χ4n) is 3.82. The van der Waals surface area contributed by atoms with Crippen LogP contribution in [0.25, 0.3) is 16.6 Å². The molecular formula is C20H22ClN7O. The van der Waals surface area contributed by atoms with E-state index in [1.165, 1.54) is 0 Å². The summed E-state index contributed by atoms with van der Waals surface area (Å²) in [5.41, 5.74) is 4.56. The summed E-state index contributed by atoms with van der Waals surface area (Å²) in [6.07, 6.45) is 3.91. The molecule has 0 atom stereocenters. The van der Waals surface area contributed by atoms with Crippen LogP contribution in [0.4, 0.5) is 17.2 Å². The van der Waals surface area contributed by atoms with Gasteiger partial charge in [-0.1, -0.05) is 11.6 Å². The lowest BCUT2D eigenvalue weighted by Crippen LogP contribution is -2.43. The number of aromatic amines is 1. The fourth-order valence-corrected chi connectivity index (χ4v) is 4.13. The van der Waals surface area contributed by atoms with Crippen LogP contribution in [0, 0.1) is 6.92 Å². The Labute approximate surface area is 172 Å². The van der Waals surface area contributed by atoms with E-state index in [1.807, 2.05) is 35.9 Å². The molecule has 0 saturated carbocycles. The first-order valence-corrected chi connectivity index (χ1v) is 9.94. The molecule has 1 aliphatic heterocycles. The molecule has 1 saturated heterocycles. The number of methoxy groups -OCH3 is 1. The molecular weight excluding hydrogens is 390 g/mol. The number of hydrogen-bond acceptors (Lipinski definition) is 6. The van der Waals surface area contributed by atoms with Crippen molar-refractivity contribution in [3.8, 4) is 5.75 Å². The number of anilines is 3. The maximum atomic E-state index is 6.68. The normalized spacial score (nSPS) is 14.7. The molecule has 0 aliphatic carbocycles. The number of hydrogen-bond donors (Lipinski definition) is 3. The number of nitrogens with zero attached hydrogens (tertiary/aromatic N) is 4. The summed E-state index contributed by atoms with van der Waals surface area (Å²) in [5.74, 6) is 1.35. The Morgan fingerprint density at radius 3 is 2.79 bits per heavy atom. The molecule has 4 heterocycles. The second kappa shape index (κ2) is 7.13. The number of nitrogens with one attached hydrogen (secondary N) is 3. The Morgan fingerprint density at radius 1 is 1.17 bits per heavy atom. The molecule has 1 aromatic carbocycles. The highest BCUT2D eigenvalue weighted by molar-refractivity contribution is 6.36. The molecule has 29 heavy (non-hydrogen) atoms. The number of rotatable bonds is 4. The molecule has 0 amide bonds. The Balaban J connectivity index is 1.53. The quantitative estimate of drug-likeness (QED) is 0.478. The average Bonchev–Trinajstić information content (AvgIpc) is 3.30. The minimum absolute atomic E-state index is 0.658. The maximum Gasteiger partial charge on any atom is 0.161 e. The van der Waals surface area contributed by atoms with Gasteiger partial charge in [0.05, 0.1) is 34.4 Å². The molecule has 9 heteroatoms. The van der Waals surface area contributed by atoms with Gasteiger partial charge in [0.1, 0.15) is 11.4 Å². The van der Waals surface area contributed by atoms with Gasteiger partial charge in [0.25, 0.3) is 0 Å². The number of piperazine rings is 1. The highest BCUT2D eigenvalue weighted by Crippen LogP contribution is 2.36. The molecule has 8 nitrogen and oxygen atoms in total. The molecule has 3 aromatic heterocycles. The Bertz CT molecular complexity index is 1190. The van der Waals surface area contributed by atoms with Crippen LogP contribution in [-0.2, 0) is 0 Å². The minimum atomic E-state index is 0.658. The van der Waals surface area contributed by atoms with Crippen LogP contribution in [0.1, 0.15) is 5.69 Å². The number of ether oxygens (including phenoxy) is 1. The summed E-state index contributed by atoms with van der Waals surface area (Å²) >= 11 is 6.68. The van der Waals surface area contributed by atoms with Crippen molar-refractivity contribution in [2.75, 3.05) is 43.5 Å². The van der Waals surface area contributed by atoms with Crippen molar-refractivity contribution in [1.82, 2.24) is 24.9 Å². The predicted octanol–water partition coefficient (Wildman–Crippen LogP) is 3.33. The third kappa shape index (κ3) is 3.24. The zero-order valence-corrected chi connectivity index (χ0v) is 17.0. The number of aromatic nitrogens is 4. The zero-order valence-electron chi connectivity index (χ0n) is 16.3. The highest BCUT2D eigenvalue weighted by Gasteiger charge is 2.17. The highest BCUT2D eigenvalue weighted by atomic mass is 35.5. The second-order valence-electron chi connectivity index (χ2n) is 7.19. The van der Waals surface area contributed by atoms with Crippen LogP contribution < -0.4 is 20.3 Å². The molecule has 0 unspecified atom stereocenters. The molecule has 3 N–H and O–H groups in total. The van der Waals surface area contributed by atoms with Gasteiger partial charge in [-0.25, -0.2) is 4.98 Å². The maximum absolute atomic E-state index is 6.68. The summed E-state index contributed by atoms with van der Waals surface area (Å²) in [5, 5.41) is 15.8. The summed E-state index contributed by atoms with van der Waals surface area (Å²) in [6, 6.07) is 6.01. The lowest BCUT2D eigenvalue weighted by molar-refractivity contribution is 0.416. The fraction of sp³-hybridized carbons (Fsp3) is 0.300. The van der Waals surface area contributed by atoms with E-state index in [-0.39, 0.29) is 0 Å². The van der Waals surface area contributed by atoms with Crippen molar-refractivity contribution in [2.24, 2.45) is 0 Å². The van der Waals surface area contributed by atoms with Gasteiger partial charge in [0, 0.05) is 50.3 Å². The van der Waals surface area contributed by atoms with Crippen molar-refractivity contribution < 1.29 is 4.74 Å². The lowest BCUT2D eigenvalue weighted by Gasteiger charge is -2.29. The third-order valence-electron chi connectivity index (χ3n) is 5.23. The summed E-state index contributed by atoms with van der Waals surface area (Å²) in [4.78, 5) is 6.81. The number of imidazole rings is 1. The Kier molecular flexibility index (Phi) is 4.44. The van der Waals surface area contributed by atoms with Crippen LogP contribution in [0.2, 0.25) is 5.02 Å². The van der Waals surface area contributed by atoms with Crippen molar-refractivity contribution >= 4 is 45.3 Å². The number of benzene rings is 1. The standard InChI is InChI=1S/C20H22ClN7O/c1-12-10-28-11-16(17(29-2)9-18(28)23-12)24-20-19-14(21)7-13(8-15(19)25-26-20)27-5-3-22-4-6-27/h7-11,22H,3-6H2,1-2H3,(H2,24,25,26). The summed E-state index contributed by atoms with van der Waals surface area (Å²) < 4.78 is 7.51. The first kappa shape index (κ1) is 18.1. The van der Waals surface area contributed by atoms with E-state index in [1.54, 1.807) is 7.11 Å². The van der Waals surface area contributed by atoms with Gasteiger partial charge in [0.15, 0.2) is 5.82 Å². The van der Waals surface area contributed by atoms with E-state index in [9.17, 15) is 0 Å². The predicted molar refractivity (Wildman–Crippen MR) is 116 cm³/mol. The first-order valence-electron chi connectivity index (χ1n) is 9.56. The van der Waals surface area contributed by atoms with Crippen molar-refractivity contribution in [3.05, 3.63) is 41.3 Å². The molecule has 0 spiro atoms. The lowest BCUT2D eigenvalue weighted by atomic mass is 10.2. The first-order chi connectivity index (χ1) is 14.1. The van der Waals surface area contributed by atoms with Gasteiger partial charge < -0.3 is 24.7 Å². The van der Waals surface area contributed by atoms with Crippen LogP contribution in [0.5, 0.6) is 5.75 Å². The van der Waals surface area contributed by atoms with E-state index in [2.05, 4.69) is 36.8 Å². The number of halogens is 1. The van der Waals surface area contributed by atoms with Crippen LogP contribution in [-0.4, -0.2) is 52.9 Å². The molecule has 150 valence electrons. The topological polar surface area (TPSA) is 82.5 Å². The Hall–Kier alpha value is -2.97. The smallest absolute Gasteiger partial charge is 0.161 e. The summed E-state index contributed by atoms with van der Waals surface area (Å²) in [6.45, 7) is 5.83. The summed E-state index contributed by atoms with van der Waals surface area (Å²) in [7, 11) is 1.64. The largest absolute Gasteiger partial charge is 0.494 e. The monoisotopic (exact) mass is 411 g/mol. The number of aryl methyl sites for hydroxylation is 1. The SMILES string of the molecule is COc1cc2nc(C)cn2cc1Nc1n[nH]c2cc(N3CCNCC3)cc(Cl)c12. The third-order valence-corrected chi connectivity index (χ3v) is 5.53. The molecule has 1 aliphatic rings. The molecule has 4 aromatic rings. The van der Waals surface area contributed by atoms with Crippen molar-refractivity contribution in [2.45, 2.75) is 6.92 Å². The van der Waals surface area contributed by atoms with Crippen LogP contribution in [0.15, 0.2) is 30.6 Å². The van der Waals surface area contributed by atoms with Gasteiger partial charge >= 0.3 is 0 Å². The second-order valence-corrected chi connectivity index (χ2v) is 7.59. The van der Waals surface area contributed by atoms with Gasteiger partial charge in [-0.3, -0.25) is 5.10 Å². The molecule has 5 rings (SSSR count). The van der Waals surface area contributed by atoms with E-state index < -0.39 is 0 Å². The molecule has 0 bridgehead atoms.